The van der Waals surface area contributed by atoms with E-state index < -0.39 is 11.5 Å². The quantitative estimate of drug-likeness (QED) is 0.511. The van der Waals surface area contributed by atoms with Crippen LogP contribution in [0.25, 0.3) is 11.0 Å². The molecule has 0 aliphatic carbocycles. The molecular formula is C24H27NO5. The lowest BCUT2D eigenvalue weighted by atomic mass is 10.1. The molecule has 158 valence electrons. The molecule has 0 saturated carbocycles. The molecule has 0 unspecified atom stereocenters. The molecular weight excluding hydrogens is 382 g/mol. The van der Waals surface area contributed by atoms with Crippen molar-refractivity contribution in [3.8, 4) is 11.5 Å². The number of hydrogen-bond acceptors (Lipinski definition) is 5. The average molecular weight is 409 g/mol. The van der Waals surface area contributed by atoms with Crippen molar-refractivity contribution in [3.05, 3.63) is 70.1 Å². The number of para-hydroxylation sites is 1. The molecule has 0 bridgehead atoms. The van der Waals surface area contributed by atoms with Crippen LogP contribution >= 0.6 is 0 Å². The third-order valence-corrected chi connectivity index (χ3v) is 4.62. The molecule has 1 amide bonds. The molecule has 30 heavy (non-hydrogen) atoms. The van der Waals surface area contributed by atoms with Gasteiger partial charge in [0.2, 0.25) is 0 Å². The first-order valence-corrected chi connectivity index (χ1v) is 10.3. The summed E-state index contributed by atoms with van der Waals surface area (Å²) in [5.74, 6) is 0.848. The fourth-order valence-corrected chi connectivity index (χ4v) is 3.03. The maximum absolute atomic E-state index is 12.7. The minimum atomic E-state index is -0.659. The summed E-state index contributed by atoms with van der Waals surface area (Å²) < 4.78 is 16.9. The lowest BCUT2D eigenvalue weighted by Crippen LogP contribution is -2.30. The van der Waals surface area contributed by atoms with Crippen molar-refractivity contribution in [3.63, 3.8) is 0 Å². The molecule has 0 radical (unpaired) electrons. The molecule has 3 rings (SSSR count). The SMILES string of the molecule is CCCOc1ccc([C@H](C)NC(=O)c2cc3ccccc3oc2=O)cc1OCCC. The van der Waals surface area contributed by atoms with E-state index >= 15 is 0 Å². The molecule has 0 aliphatic heterocycles. The van der Waals surface area contributed by atoms with E-state index in [4.69, 9.17) is 13.9 Å². The zero-order chi connectivity index (χ0) is 21.5. The summed E-state index contributed by atoms with van der Waals surface area (Å²) in [5.41, 5.74) is 0.621. The van der Waals surface area contributed by atoms with Gasteiger partial charge in [0.25, 0.3) is 5.91 Å². The van der Waals surface area contributed by atoms with Gasteiger partial charge in [0.05, 0.1) is 19.3 Å². The fraction of sp³-hybridized carbons (Fsp3) is 0.333. The second-order valence-corrected chi connectivity index (χ2v) is 7.08. The number of rotatable bonds is 9. The van der Waals surface area contributed by atoms with Crippen LogP contribution in [0.3, 0.4) is 0 Å². The van der Waals surface area contributed by atoms with Crippen molar-refractivity contribution in [2.75, 3.05) is 13.2 Å². The predicted octanol–water partition coefficient (Wildman–Crippen LogP) is 4.86. The summed E-state index contributed by atoms with van der Waals surface area (Å²) in [6.07, 6.45) is 1.78. The first kappa shape index (κ1) is 21.4. The molecule has 1 heterocycles. The van der Waals surface area contributed by atoms with Gasteiger partial charge in [0.1, 0.15) is 11.1 Å². The molecule has 1 aromatic heterocycles. The molecule has 1 N–H and O–H groups in total. The molecule has 2 aromatic carbocycles. The van der Waals surface area contributed by atoms with Crippen LogP contribution in [0.1, 0.15) is 55.6 Å². The average Bonchev–Trinajstić information content (AvgIpc) is 2.75. The van der Waals surface area contributed by atoms with Crippen LogP contribution in [-0.4, -0.2) is 19.1 Å². The number of amides is 1. The Hall–Kier alpha value is -3.28. The van der Waals surface area contributed by atoms with Crippen LogP contribution in [0.4, 0.5) is 0 Å². The monoisotopic (exact) mass is 409 g/mol. The van der Waals surface area contributed by atoms with E-state index in [0.717, 1.165) is 18.4 Å². The standard InChI is InChI=1S/C24H27NO5/c1-4-12-28-21-11-10-17(15-22(21)29-13-5-2)16(3)25-23(26)19-14-18-8-6-7-9-20(18)30-24(19)27/h6-11,14-16H,4-5,12-13H2,1-3H3,(H,25,26)/t16-/m0/s1. The van der Waals surface area contributed by atoms with E-state index in [1.165, 1.54) is 0 Å². The minimum Gasteiger partial charge on any atom is -0.490 e. The Balaban J connectivity index is 1.81. The Morgan fingerprint density at radius 3 is 2.43 bits per heavy atom. The smallest absolute Gasteiger partial charge is 0.349 e. The summed E-state index contributed by atoms with van der Waals surface area (Å²) in [5, 5.41) is 3.57. The Kier molecular flexibility index (Phi) is 7.12. The van der Waals surface area contributed by atoms with Crippen molar-refractivity contribution < 1.29 is 18.7 Å². The normalized spacial score (nSPS) is 11.8. The van der Waals surface area contributed by atoms with Gasteiger partial charge < -0.3 is 19.2 Å². The van der Waals surface area contributed by atoms with Crippen molar-refractivity contribution in [1.29, 1.82) is 0 Å². The Morgan fingerprint density at radius 1 is 1.00 bits per heavy atom. The van der Waals surface area contributed by atoms with Crippen LogP contribution < -0.4 is 20.4 Å². The second kappa shape index (κ2) is 9.96. The number of nitrogens with one attached hydrogen (secondary N) is 1. The van der Waals surface area contributed by atoms with Gasteiger partial charge in [-0.15, -0.1) is 0 Å². The molecule has 6 nitrogen and oxygen atoms in total. The Morgan fingerprint density at radius 2 is 1.70 bits per heavy atom. The molecule has 6 heteroatoms. The summed E-state index contributed by atoms with van der Waals surface area (Å²) in [4.78, 5) is 25.0. The van der Waals surface area contributed by atoms with E-state index in [-0.39, 0.29) is 11.6 Å². The van der Waals surface area contributed by atoms with E-state index in [2.05, 4.69) is 5.32 Å². The highest BCUT2D eigenvalue weighted by atomic mass is 16.5. The summed E-state index contributed by atoms with van der Waals surface area (Å²) in [7, 11) is 0. The Bertz CT molecular complexity index is 1070. The summed E-state index contributed by atoms with van der Waals surface area (Å²) in [6.45, 7) is 7.11. The third-order valence-electron chi connectivity index (χ3n) is 4.62. The van der Waals surface area contributed by atoms with E-state index in [1.54, 1.807) is 24.3 Å². The van der Waals surface area contributed by atoms with Crippen molar-refractivity contribution in [2.24, 2.45) is 0 Å². The number of hydrogen-bond donors (Lipinski definition) is 1. The minimum absolute atomic E-state index is 0.0223. The number of carbonyl (C=O) groups excluding carboxylic acids is 1. The topological polar surface area (TPSA) is 77.8 Å². The molecule has 0 aliphatic rings. The highest BCUT2D eigenvalue weighted by Crippen LogP contribution is 2.31. The summed E-state index contributed by atoms with van der Waals surface area (Å²) >= 11 is 0. The first-order valence-electron chi connectivity index (χ1n) is 10.3. The van der Waals surface area contributed by atoms with Crippen LogP contribution in [-0.2, 0) is 0 Å². The van der Waals surface area contributed by atoms with Crippen LogP contribution in [0.2, 0.25) is 0 Å². The number of ether oxygens (including phenoxy) is 2. The van der Waals surface area contributed by atoms with Gasteiger partial charge in [-0.2, -0.15) is 0 Å². The molecule has 3 aromatic rings. The van der Waals surface area contributed by atoms with Crippen LogP contribution in [0, 0.1) is 0 Å². The first-order chi connectivity index (χ1) is 14.5. The Labute approximate surface area is 175 Å². The second-order valence-electron chi connectivity index (χ2n) is 7.08. The van der Waals surface area contributed by atoms with E-state index in [1.807, 2.05) is 45.0 Å². The lowest BCUT2D eigenvalue weighted by Gasteiger charge is -2.18. The third kappa shape index (κ3) is 5.00. The van der Waals surface area contributed by atoms with Gasteiger partial charge in [-0.05, 0) is 49.6 Å². The lowest BCUT2D eigenvalue weighted by molar-refractivity contribution is 0.0936. The van der Waals surface area contributed by atoms with Gasteiger partial charge in [0, 0.05) is 5.39 Å². The highest BCUT2D eigenvalue weighted by molar-refractivity contribution is 5.96. The number of benzene rings is 2. The molecule has 0 saturated heterocycles. The van der Waals surface area contributed by atoms with Crippen LogP contribution in [0.15, 0.2) is 57.7 Å². The zero-order valence-electron chi connectivity index (χ0n) is 17.6. The number of fused-ring (bicyclic) bond motifs is 1. The fourth-order valence-electron chi connectivity index (χ4n) is 3.03. The van der Waals surface area contributed by atoms with Gasteiger partial charge in [-0.25, -0.2) is 4.79 Å². The predicted molar refractivity (Wildman–Crippen MR) is 116 cm³/mol. The van der Waals surface area contributed by atoms with E-state index in [9.17, 15) is 9.59 Å². The molecule has 1 atom stereocenters. The van der Waals surface area contributed by atoms with Gasteiger partial charge >= 0.3 is 5.63 Å². The molecule has 0 spiro atoms. The van der Waals surface area contributed by atoms with Crippen molar-refractivity contribution in [1.82, 2.24) is 5.32 Å². The van der Waals surface area contributed by atoms with Gasteiger partial charge in [-0.3, -0.25) is 4.79 Å². The number of carbonyl (C=O) groups is 1. The van der Waals surface area contributed by atoms with Crippen molar-refractivity contribution >= 4 is 16.9 Å². The maximum Gasteiger partial charge on any atom is 0.349 e. The maximum atomic E-state index is 12.7. The molecule has 0 fully saturated rings. The van der Waals surface area contributed by atoms with Crippen LogP contribution in [0.5, 0.6) is 11.5 Å². The zero-order valence-corrected chi connectivity index (χ0v) is 17.6. The van der Waals surface area contributed by atoms with Gasteiger partial charge in [-0.1, -0.05) is 38.1 Å². The largest absolute Gasteiger partial charge is 0.490 e. The van der Waals surface area contributed by atoms with Crippen molar-refractivity contribution in [2.45, 2.75) is 39.7 Å². The summed E-state index contributed by atoms with van der Waals surface area (Å²) in [6, 6.07) is 13.9. The van der Waals surface area contributed by atoms with E-state index in [0.29, 0.717) is 35.7 Å². The van der Waals surface area contributed by atoms with Gasteiger partial charge in [0.15, 0.2) is 11.5 Å². The highest BCUT2D eigenvalue weighted by Gasteiger charge is 2.18.